The van der Waals surface area contributed by atoms with E-state index in [1.54, 1.807) is 30.3 Å². The lowest BCUT2D eigenvalue weighted by atomic mass is 9.62. The molecule has 3 aliphatic rings. The number of allylic oxidation sites excluding steroid dienone is 2. The van der Waals surface area contributed by atoms with Crippen molar-refractivity contribution in [2.24, 2.45) is 11.3 Å². The number of ketones is 1. The third kappa shape index (κ3) is 7.08. The Kier molecular flexibility index (Phi) is 10.2. The normalized spacial score (nSPS) is 20.5. The monoisotopic (exact) mass is 720 g/mol. The number of aliphatic hydroxyl groups excluding tert-OH is 1. The van der Waals surface area contributed by atoms with Gasteiger partial charge in [0, 0.05) is 24.1 Å². The first-order valence-corrected chi connectivity index (χ1v) is 18.4. The highest BCUT2D eigenvalue weighted by atomic mass is 16.5. The van der Waals surface area contributed by atoms with E-state index >= 15 is 4.79 Å². The third-order valence-electron chi connectivity index (χ3n) is 11.6. The molecule has 0 saturated heterocycles. The van der Waals surface area contributed by atoms with Gasteiger partial charge in [0.25, 0.3) is 0 Å². The van der Waals surface area contributed by atoms with E-state index in [0.29, 0.717) is 43.5 Å². The number of aliphatic hydroxyl groups is 1. The van der Waals surface area contributed by atoms with Crippen molar-refractivity contribution in [2.75, 3.05) is 26.1 Å². The highest BCUT2D eigenvalue weighted by molar-refractivity contribution is 5.91. The minimum absolute atomic E-state index is 0.0393. The van der Waals surface area contributed by atoms with Crippen LogP contribution in [0.2, 0.25) is 0 Å². The van der Waals surface area contributed by atoms with Gasteiger partial charge in [-0.05, 0) is 126 Å². The Morgan fingerprint density at radius 3 is 2.47 bits per heavy atom. The molecule has 3 atom stereocenters. The molecule has 1 aliphatic carbocycles. The van der Waals surface area contributed by atoms with E-state index < -0.39 is 23.4 Å². The van der Waals surface area contributed by atoms with Crippen LogP contribution in [0.4, 0.5) is 5.69 Å². The van der Waals surface area contributed by atoms with Crippen molar-refractivity contribution in [3.8, 4) is 34.5 Å². The van der Waals surface area contributed by atoms with Crippen molar-refractivity contribution in [1.29, 1.82) is 0 Å². The number of phenols is 4. The van der Waals surface area contributed by atoms with Gasteiger partial charge in [-0.1, -0.05) is 37.1 Å². The number of Topliss-reactive ketones (excluding diaryl/α,β-unsaturated/α-hetero) is 1. The van der Waals surface area contributed by atoms with Crippen LogP contribution in [0.25, 0.3) is 10.8 Å². The molecule has 1 spiro atoms. The summed E-state index contributed by atoms with van der Waals surface area (Å²) in [5, 5.41) is 63.0. The average Bonchev–Trinajstić information content (AvgIpc) is 3.65. The summed E-state index contributed by atoms with van der Waals surface area (Å²) in [6.45, 7) is 0.562. The van der Waals surface area contributed by atoms with Crippen LogP contribution >= 0.6 is 0 Å². The quantitative estimate of drug-likeness (QED) is 0.0964. The molecule has 10 nitrogen and oxygen atoms in total. The SMILES string of the molecule is COc1cc(CC[C@@H](O)[C@H]2C(=O)C[C@H](c3cc(O)c(O)c(OC)c3)CCc3c(ccc4cc(O)ccc34)NC3=CC(=CCN3)C23CCCC3)ccc1O. The van der Waals surface area contributed by atoms with Crippen LogP contribution in [-0.2, 0) is 17.6 Å². The number of carbonyl (C=O) groups is 1. The first-order chi connectivity index (χ1) is 25.6. The van der Waals surface area contributed by atoms with E-state index in [1.807, 2.05) is 24.3 Å². The molecule has 4 aromatic carbocycles. The van der Waals surface area contributed by atoms with Crippen LogP contribution in [0.15, 0.2) is 84.2 Å². The molecule has 2 aliphatic heterocycles. The summed E-state index contributed by atoms with van der Waals surface area (Å²) in [6.07, 6.45) is 8.62. The van der Waals surface area contributed by atoms with Gasteiger partial charge in [-0.2, -0.15) is 0 Å². The molecule has 2 heterocycles. The van der Waals surface area contributed by atoms with E-state index in [2.05, 4.69) is 22.8 Å². The van der Waals surface area contributed by atoms with Crippen LogP contribution < -0.4 is 20.1 Å². The fraction of sp³-hybridized carbons (Fsp3) is 0.372. The van der Waals surface area contributed by atoms with Gasteiger partial charge in [-0.25, -0.2) is 0 Å². The van der Waals surface area contributed by atoms with Crippen molar-refractivity contribution in [1.82, 2.24) is 5.32 Å². The second kappa shape index (κ2) is 14.9. The first-order valence-electron chi connectivity index (χ1n) is 18.4. The number of phenolic OH excluding ortho intramolecular Hbond substituents is 4. The summed E-state index contributed by atoms with van der Waals surface area (Å²) in [7, 11) is 2.92. The number of fused-ring (bicyclic) bond motifs is 5. The maximum Gasteiger partial charge on any atom is 0.200 e. The lowest BCUT2D eigenvalue weighted by Crippen LogP contribution is -2.44. The Hall–Kier alpha value is -5.35. The molecule has 53 heavy (non-hydrogen) atoms. The van der Waals surface area contributed by atoms with Gasteiger partial charge < -0.3 is 45.6 Å². The lowest BCUT2D eigenvalue weighted by Gasteiger charge is -2.42. The Balaban J connectivity index is 1.34. The Bertz CT molecular complexity index is 2080. The molecule has 2 bridgehead atoms. The summed E-state index contributed by atoms with van der Waals surface area (Å²) < 4.78 is 10.8. The van der Waals surface area contributed by atoms with Crippen LogP contribution in [0.1, 0.15) is 67.6 Å². The van der Waals surface area contributed by atoms with Gasteiger partial charge in [0.15, 0.2) is 23.0 Å². The molecule has 7 N–H and O–H groups in total. The van der Waals surface area contributed by atoms with Gasteiger partial charge >= 0.3 is 0 Å². The zero-order chi connectivity index (χ0) is 37.3. The Morgan fingerprint density at radius 2 is 1.70 bits per heavy atom. The van der Waals surface area contributed by atoms with Gasteiger partial charge in [-0.3, -0.25) is 4.79 Å². The third-order valence-corrected chi connectivity index (χ3v) is 11.6. The smallest absolute Gasteiger partial charge is 0.200 e. The number of anilines is 1. The lowest BCUT2D eigenvalue weighted by molar-refractivity contribution is -0.132. The number of nitrogens with one attached hydrogen (secondary N) is 2. The number of methoxy groups -OCH3 is 2. The van der Waals surface area contributed by atoms with Crippen LogP contribution in [0, 0.1) is 11.3 Å². The fourth-order valence-electron chi connectivity index (χ4n) is 8.99. The molecule has 4 aromatic rings. The molecule has 10 heteroatoms. The summed E-state index contributed by atoms with van der Waals surface area (Å²) in [5.74, 6) is -0.369. The van der Waals surface area contributed by atoms with Crippen LogP contribution in [-0.4, -0.2) is 58.2 Å². The average molecular weight is 721 g/mol. The van der Waals surface area contributed by atoms with E-state index in [0.717, 1.165) is 64.7 Å². The molecular formula is C43H48N2O8. The van der Waals surface area contributed by atoms with Crippen molar-refractivity contribution >= 4 is 22.2 Å². The highest BCUT2D eigenvalue weighted by Gasteiger charge is 2.50. The molecule has 0 radical (unpaired) electrons. The molecule has 278 valence electrons. The maximum atomic E-state index is 15.2. The van der Waals surface area contributed by atoms with Gasteiger partial charge in [0.2, 0.25) is 5.75 Å². The largest absolute Gasteiger partial charge is 0.508 e. The number of rotatable bonds is 7. The van der Waals surface area contributed by atoms with E-state index in [4.69, 9.17) is 9.47 Å². The molecule has 0 unspecified atom stereocenters. The maximum absolute atomic E-state index is 15.2. The molecule has 1 fully saturated rings. The van der Waals surface area contributed by atoms with Crippen molar-refractivity contribution in [3.05, 3.63) is 101 Å². The molecule has 7 rings (SSSR count). The zero-order valence-corrected chi connectivity index (χ0v) is 30.2. The fourth-order valence-corrected chi connectivity index (χ4v) is 8.99. The van der Waals surface area contributed by atoms with Crippen LogP contribution in [0.3, 0.4) is 0 Å². The second-order valence-corrected chi connectivity index (χ2v) is 14.7. The number of carbonyl (C=O) groups excluding carboxylic acids is 1. The highest BCUT2D eigenvalue weighted by Crippen LogP contribution is 2.54. The van der Waals surface area contributed by atoms with Gasteiger partial charge in [0.1, 0.15) is 17.4 Å². The zero-order valence-electron chi connectivity index (χ0n) is 30.2. The number of hydrogen-bond acceptors (Lipinski definition) is 10. The number of ether oxygens (including phenoxy) is 2. The Morgan fingerprint density at radius 1 is 0.906 bits per heavy atom. The van der Waals surface area contributed by atoms with E-state index in [-0.39, 0.29) is 41.0 Å². The number of benzene rings is 4. The number of aryl methyl sites for hydroxylation is 2. The number of hydrogen-bond donors (Lipinski definition) is 7. The molecule has 0 aromatic heterocycles. The predicted octanol–water partition coefficient (Wildman–Crippen LogP) is 7.32. The predicted molar refractivity (Wildman–Crippen MR) is 204 cm³/mol. The summed E-state index contributed by atoms with van der Waals surface area (Å²) in [6, 6.07) is 17.7. The summed E-state index contributed by atoms with van der Waals surface area (Å²) in [4.78, 5) is 15.2. The summed E-state index contributed by atoms with van der Waals surface area (Å²) in [5.41, 5.74) is 3.89. The minimum atomic E-state index is -0.969. The van der Waals surface area contributed by atoms with Crippen molar-refractivity contribution in [2.45, 2.75) is 69.8 Å². The van der Waals surface area contributed by atoms with E-state index in [1.165, 1.54) is 20.3 Å². The van der Waals surface area contributed by atoms with Gasteiger partial charge in [-0.15, -0.1) is 0 Å². The molecule has 1 saturated carbocycles. The number of dihydropyridines is 1. The van der Waals surface area contributed by atoms with Gasteiger partial charge in [0.05, 0.1) is 26.2 Å². The minimum Gasteiger partial charge on any atom is -0.508 e. The van der Waals surface area contributed by atoms with Crippen LogP contribution in [0.5, 0.6) is 34.5 Å². The molecular weight excluding hydrogens is 672 g/mol. The first kappa shape index (κ1) is 36.0. The van der Waals surface area contributed by atoms with Crippen molar-refractivity contribution in [3.63, 3.8) is 0 Å². The van der Waals surface area contributed by atoms with Crippen molar-refractivity contribution < 1.29 is 39.8 Å². The number of aromatic hydroxyl groups is 4. The molecule has 0 amide bonds. The summed E-state index contributed by atoms with van der Waals surface area (Å²) >= 11 is 0. The topological polar surface area (TPSA) is 161 Å². The second-order valence-electron chi connectivity index (χ2n) is 14.7. The Labute approximate surface area is 309 Å². The van der Waals surface area contributed by atoms with E-state index in [9.17, 15) is 25.5 Å². The standard InChI is InChI=1S/C43H48N2O8/c1-52-38-19-25(5-13-34(38)47)6-14-35(48)41-36(49)21-26(28-22-37(50)42(51)39(23-28)53-2)7-10-32-31-11-9-30(46)20-27(31)8-12-33(32)45-40-24-29(15-18-44-40)43(41)16-3-4-17-43/h5,8-9,11-13,15,19-20,22-24,26,35,41,44-48,50-51H,3-4,6-7,10,14,16-18,21H2,1-2H3/t26-,35-,41+/m1/s1.